The molecule has 0 saturated carbocycles. The van der Waals surface area contributed by atoms with E-state index < -0.39 is 0 Å². The van der Waals surface area contributed by atoms with Crippen LogP contribution in [0.4, 0.5) is 0 Å². The van der Waals surface area contributed by atoms with Crippen molar-refractivity contribution in [1.29, 1.82) is 5.26 Å². The Morgan fingerprint density at radius 1 is 0.786 bits per heavy atom. The molecule has 0 spiro atoms. The molecule has 5 heteroatoms. The molecule has 0 fully saturated rings. The molecule has 0 aliphatic heterocycles. The lowest BCUT2D eigenvalue weighted by Crippen LogP contribution is -2.04. The summed E-state index contributed by atoms with van der Waals surface area (Å²) in [5.41, 5.74) is 8.67. The van der Waals surface area contributed by atoms with E-state index in [1.54, 1.807) is 18.3 Å². The highest BCUT2D eigenvalue weighted by atomic mass is 16.5. The maximum absolute atomic E-state index is 9.07. The molecule has 5 nitrogen and oxygen atoms in total. The van der Waals surface area contributed by atoms with E-state index in [4.69, 9.17) is 10.00 Å². The zero-order valence-corrected chi connectivity index (χ0v) is 17.4. The van der Waals surface area contributed by atoms with Crippen LogP contribution < -0.4 is 4.74 Å². The van der Waals surface area contributed by atoms with Crippen molar-refractivity contribution in [1.82, 2.24) is 15.0 Å². The van der Waals surface area contributed by atoms with Crippen molar-refractivity contribution in [2.24, 2.45) is 0 Å². The Morgan fingerprint density at radius 2 is 1.32 bits per heavy atom. The minimum absolute atomic E-state index is 0.341. The van der Waals surface area contributed by atoms with Crippen molar-refractivity contribution in [3.05, 3.63) is 63.2 Å². The van der Waals surface area contributed by atoms with Gasteiger partial charge in [0.1, 0.15) is 17.5 Å². The van der Waals surface area contributed by atoms with Crippen LogP contribution in [0.5, 0.6) is 11.5 Å². The van der Waals surface area contributed by atoms with Gasteiger partial charge < -0.3 is 4.74 Å². The van der Waals surface area contributed by atoms with Crippen LogP contribution in [0, 0.1) is 59.8 Å². The summed E-state index contributed by atoms with van der Waals surface area (Å²) in [6.07, 6.45) is 1.59. The van der Waals surface area contributed by atoms with Gasteiger partial charge in [-0.05, 0) is 88.4 Å². The smallest absolute Gasteiger partial charge is 0.169 e. The third-order valence-corrected chi connectivity index (χ3v) is 5.47. The Balaban J connectivity index is 2.08. The Labute approximate surface area is 166 Å². The third kappa shape index (κ3) is 3.34. The lowest BCUT2D eigenvalue weighted by atomic mass is 9.94. The van der Waals surface area contributed by atoms with Gasteiger partial charge in [-0.1, -0.05) is 0 Å². The summed E-state index contributed by atoms with van der Waals surface area (Å²) in [5.74, 6) is 2.11. The van der Waals surface area contributed by atoms with Gasteiger partial charge in [-0.25, -0.2) is 15.0 Å². The Morgan fingerprint density at radius 3 is 1.86 bits per heavy atom. The molecular weight excluding hydrogens is 348 g/mol. The molecule has 3 aromatic rings. The van der Waals surface area contributed by atoms with Crippen molar-refractivity contribution < 1.29 is 4.74 Å². The Hall–Kier alpha value is -3.26. The second kappa shape index (κ2) is 7.40. The summed E-state index contributed by atoms with van der Waals surface area (Å²) in [4.78, 5) is 13.3. The molecule has 142 valence electrons. The number of hydrogen-bond donors (Lipinski definition) is 0. The predicted molar refractivity (Wildman–Crippen MR) is 110 cm³/mol. The number of benzene rings is 1. The van der Waals surface area contributed by atoms with E-state index in [9.17, 15) is 0 Å². The summed E-state index contributed by atoms with van der Waals surface area (Å²) >= 11 is 0. The molecule has 2 heterocycles. The van der Waals surface area contributed by atoms with Gasteiger partial charge in [-0.2, -0.15) is 5.26 Å². The van der Waals surface area contributed by atoms with E-state index in [-0.39, 0.29) is 0 Å². The largest absolute Gasteiger partial charge is 0.453 e. The standard InChI is InChI=1S/C23H24N4O/c1-12-13(2)15(4)21(16(5)14(12)3)28-22-17(6)26-23(27-18(22)7)19-8-9-25-20(10-19)11-24/h8-10H,1-7H3. The monoisotopic (exact) mass is 372 g/mol. The van der Waals surface area contributed by atoms with E-state index in [0.717, 1.165) is 33.8 Å². The molecule has 0 amide bonds. The van der Waals surface area contributed by atoms with Crippen molar-refractivity contribution in [3.8, 4) is 29.0 Å². The normalized spacial score (nSPS) is 10.6. The van der Waals surface area contributed by atoms with Crippen LogP contribution in [0.1, 0.15) is 44.9 Å². The van der Waals surface area contributed by atoms with Crippen LogP contribution in [0.25, 0.3) is 11.4 Å². The van der Waals surface area contributed by atoms with Crippen LogP contribution in [-0.2, 0) is 0 Å². The Kier molecular flexibility index (Phi) is 5.15. The van der Waals surface area contributed by atoms with Gasteiger partial charge in [-0.15, -0.1) is 0 Å². The predicted octanol–water partition coefficient (Wildman–Crippen LogP) is 5.36. The molecule has 28 heavy (non-hydrogen) atoms. The van der Waals surface area contributed by atoms with Crippen molar-refractivity contribution in [2.45, 2.75) is 48.5 Å². The second-order valence-corrected chi connectivity index (χ2v) is 7.14. The number of rotatable bonds is 3. The van der Waals surface area contributed by atoms with Crippen LogP contribution in [0.3, 0.4) is 0 Å². The number of ether oxygens (including phenoxy) is 1. The molecule has 2 aromatic heterocycles. The van der Waals surface area contributed by atoms with Crippen molar-refractivity contribution >= 4 is 0 Å². The first-order chi connectivity index (χ1) is 13.2. The number of nitriles is 1. The molecule has 0 radical (unpaired) electrons. The summed E-state index contributed by atoms with van der Waals surface area (Å²) in [7, 11) is 0. The fourth-order valence-electron chi connectivity index (χ4n) is 3.33. The third-order valence-electron chi connectivity index (χ3n) is 5.47. The highest BCUT2D eigenvalue weighted by molar-refractivity contribution is 5.59. The maximum Gasteiger partial charge on any atom is 0.169 e. The Bertz CT molecular complexity index is 1070. The summed E-state index contributed by atoms with van der Waals surface area (Å²) < 4.78 is 6.36. The van der Waals surface area contributed by atoms with Gasteiger partial charge in [-0.3, -0.25) is 0 Å². The van der Waals surface area contributed by atoms with Crippen LogP contribution in [-0.4, -0.2) is 15.0 Å². The molecule has 0 saturated heterocycles. The molecule has 3 rings (SSSR count). The summed E-state index contributed by atoms with van der Waals surface area (Å²) in [6, 6.07) is 5.54. The fraction of sp³-hybridized carbons (Fsp3) is 0.304. The average Bonchev–Trinajstić information content (AvgIpc) is 2.69. The summed E-state index contributed by atoms with van der Waals surface area (Å²) in [6.45, 7) is 14.4. The van der Waals surface area contributed by atoms with Crippen molar-refractivity contribution in [3.63, 3.8) is 0 Å². The van der Waals surface area contributed by atoms with Gasteiger partial charge >= 0.3 is 0 Å². The minimum atomic E-state index is 0.341. The molecule has 0 atom stereocenters. The highest BCUT2D eigenvalue weighted by Crippen LogP contribution is 2.37. The molecule has 0 unspecified atom stereocenters. The fourth-order valence-corrected chi connectivity index (χ4v) is 3.33. The number of aryl methyl sites for hydroxylation is 2. The van der Waals surface area contributed by atoms with Gasteiger partial charge in [0.2, 0.25) is 0 Å². The number of aromatic nitrogens is 3. The van der Waals surface area contributed by atoms with Crippen LogP contribution in [0.15, 0.2) is 18.3 Å². The first kappa shape index (κ1) is 19.5. The van der Waals surface area contributed by atoms with Gasteiger partial charge in [0.25, 0.3) is 0 Å². The van der Waals surface area contributed by atoms with Gasteiger partial charge in [0.15, 0.2) is 11.6 Å². The minimum Gasteiger partial charge on any atom is -0.453 e. The van der Waals surface area contributed by atoms with E-state index >= 15 is 0 Å². The highest BCUT2D eigenvalue weighted by Gasteiger charge is 2.18. The molecule has 0 N–H and O–H groups in total. The SMILES string of the molecule is Cc1nc(-c2ccnc(C#N)c2)nc(C)c1Oc1c(C)c(C)c(C)c(C)c1C. The molecule has 1 aromatic carbocycles. The van der Waals surface area contributed by atoms with E-state index in [1.807, 2.05) is 19.9 Å². The summed E-state index contributed by atoms with van der Waals surface area (Å²) in [5, 5.41) is 9.07. The zero-order valence-electron chi connectivity index (χ0n) is 17.4. The molecule has 0 aliphatic rings. The maximum atomic E-state index is 9.07. The molecule has 0 aliphatic carbocycles. The average molecular weight is 372 g/mol. The lowest BCUT2D eigenvalue weighted by molar-refractivity contribution is 0.460. The van der Waals surface area contributed by atoms with Gasteiger partial charge in [0.05, 0.1) is 11.4 Å². The van der Waals surface area contributed by atoms with Crippen LogP contribution >= 0.6 is 0 Å². The van der Waals surface area contributed by atoms with E-state index in [2.05, 4.69) is 49.6 Å². The molecule has 0 bridgehead atoms. The van der Waals surface area contributed by atoms with Gasteiger partial charge in [0, 0.05) is 11.8 Å². The number of hydrogen-bond acceptors (Lipinski definition) is 5. The quantitative estimate of drug-likeness (QED) is 0.619. The van der Waals surface area contributed by atoms with E-state index in [0.29, 0.717) is 17.3 Å². The molecular formula is C23H24N4O. The lowest BCUT2D eigenvalue weighted by Gasteiger charge is -2.20. The first-order valence-corrected chi connectivity index (χ1v) is 9.21. The van der Waals surface area contributed by atoms with Crippen LogP contribution in [0.2, 0.25) is 0 Å². The second-order valence-electron chi connectivity index (χ2n) is 7.14. The number of nitrogens with zero attached hydrogens (tertiary/aromatic N) is 4. The number of pyridine rings is 1. The zero-order chi connectivity index (χ0) is 20.6. The van der Waals surface area contributed by atoms with Crippen molar-refractivity contribution in [2.75, 3.05) is 0 Å². The van der Waals surface area contributed by atoms with E-state index in [1.165, 1.54) is 16.7 Å². The first-order valence-electron chi connectivity index (χ1n) is 9.21. The topological polar surface area (TPSA) is 71.7 Å².